The summed E-state index contributed by atoms with van der Waals surface area (Å²) in [6, 6.07) is 7.69. The van der Waals surface area contributed by atoms with E-state index in [0.29, 0.717) is 5.28 Å². The van der Waals surface area contributed by atoms with E-state index in [9.17, 15) is 4.79 Å². The van der Waals surface area contributed by atoms with Crippen molar-refractivity contribution in [2.75, 3.05) is 0 Å². The first-order valence-electron chi connectivity index (χ1n) is 5.48. The Morgan fingerprint density at radius 3 is 2.88 bits per heavy atom. The number of halogens is 1. The number of para-hydroxylation sites is 2. The highest BCUT2D eigenvalue weighted by atomic mass is 35.5. The zero-order chi connectivity index (χ0) is 12.4. The lowest BCUT2D eigenvalue weighted by molar-refractivity contribution is -0.122. The molecule has 1 aromatic heterocycles. The van der Waals surface area contributed by atoms with Gasteiger partial charge in [0, 0.05) is 6.04 Å². The van der Waals surface area contributed by atoms with Crippen LogP contribution in [-0.2, 0) is 11.3 Å². The van der Waals surface area contributed by atoms with Gasteiger partial charge in [0.25, 0.3) is 0 Å². The Hall–Kier alpha value is -1.55. The summed E-state index contributed by atoms with van der Waals surface area (Å²) >= 11 is 6.02. The second-order valence-corrected chi connectivity index (χ2v) is 4.52. The van der Waals surface area contributed by atoms with E-state index in [0.717, 1.165) is 11.0 Å². The summed E-state index contributed by atoms with van der Waals surface area (Å²) in [7, 11) is 0. The summed E-state index contributed by atoms with van der Waals surface area (Å²) in [6.07, 6.45) is 0. The van der Waals surface area contributed by atoms with E-state index < -0.39 is 0 Å². The van der Waals surface area contributed by atoms with Gasteiger partial charge in [0.15, 0.2) is 0 Å². The van der Waals surface area contributed by atoms with Crippen LogP contribution in [0.3, 0.4) is 0 Å². The molecule has 0 aliphatic carbocycles. The number of aromatic nitrogens is 2. The largest absolute Gasteiger partial charge is 0.352 e. The number of nitrogens with one attached hydrogen (secondary N) is 1. The maximum Gasteiger partial charge on any atom is 0.240 e. The summed E-state index contributed by atoms with van der Waals surface area (Å²) in [5.41, 5.74) is 1.67. The maximum absolute atomic E-state index is 11.7. The molecule has 4 nitrogen and oxygen atoms in total. The molecule has 0 unspecified atom stereocenters. The second kappa shape index (κ2) is 4.75. The van der Waals surface area contributed by atoms with Crippen molar-refractivity contribution in [2.24, 2.45) is 0 Å². The summed E-state index contributed by atoms with van der Waals surface area (Å²) in [5.74, 6) is -0.0648. The SMILES string of the molecule is CC(C)NC(=O)Cn1c(Cl)nc2ccccc21. The van der Waals surface area contributed by atoms with Gasteiger partial charge in [-0.05, 0) is 37.6 Å². The fraction of sp³-hybridized carbons (Fsp3) is 0.333. The molecule has 5 heteroatoms. The number of rotatable bonds is 3. The third-order valence-corrected chi connectivity index (χ3v) is 2.65. The smallest absolute Gasteiger partial charge is 0.240 e. The molecule has 2 aromatic rings. The van der Waals surface area contributed by atoms with Crippen molar-refractivity contribution >= 4 is 28.5 Å². The first kappa shape index (κ1) is 11.9. The van der Waals surface area contributed by atoms with E-state index >= 15 is 0 Å². The van der Waals surface area contributed by atoms with E-state index in [1.54, 1.807) is 4.57 Å². The van der Waals surface area contributed by atoms with Gasteiger partial charge in [0.05, 0.1) is 11.0 Å². The van der Waals surface area contributed by atoms with Gasteiger partial charge in [0.2, 0.25) is 11.2 Å². The Bertz CT molecular complexity index is 548. The molecule has 1 heterocycles. The standard InChI is InChI=1S/C12H14ClN3O/c1-8(2)14-11(17)7-16-10-6-4-3-5-9(10)15-12(16)13/h3-6,8H,7H2,1-2H3,(H,14,17). The number of carbonyl (C=O) groups is 1. The summed E-state index contributed by atoms with van der Waals surface area (Å²) in [4.78, 5) is 15.9. The van der Waals surface area contributed by atoms with Crippen molar-refractivity contribution in [1.29, 1.82) is 0 Å². The van der Waals surface area contributed by atoms with Gasteiger partial charge in [0.1, 0.15) is 6.54 Å². The summed E-state index contributed by atoms with van der Waals surface area (Å²) in [6.45, 7) is 4.04. The van der Waals surface area contributed by atoms with Crippen LogP contribution in [0, 0.1) is 0 Å². The first-order chi connectivity index (χ1) is 8.08. The minimum atomic E-state index is -0.0648. The van der Waals surface area contributed by atoms with Crippen LogP contribution < -0.4 is 5.32 Å². The van der Waals surface area contributed by atoms with Crippen molar-refractivity contribution in [3.8, 4) is 0 Å². The Labute approximate surface area is 105 Å². The Kier molecular flexibility index (Phi) is 3.33. The minimum Gasteiger partial charge on any atom is -0.352 e. The van der Waals surface area contributed by atoms with E-state index in [2.05, 4.69) is 10.3 Å². The molecule has 1 amide bonds. The van der Waals surface area contributed by atoms with Crippen LogP contribution in [0.4, 0.5) is 0 Å². The molecule has 90 valence electrons. The average Bonchev–Trinajstić information content (AvgIpc) is 2.55. The third kappa shape index (κ3) is 2.58. The first-order valence-corrected chi connectivity index (χ1v) is 5.86. The molecule has 1 N–H and O–H groups in total. The van der Waals surface area contributed by atoms with Crippen LogP contribution in [0.1, 0.15) is 13.8 Å². The van der Waals surface area contributed by atoms with Crippen molar-refractivity contribution < 1.29 is 4.79 Å². The fourth-order valence-electron chi connectivity index (χ4n) is 1.71. The topological polar surface area (TPSA) is 46.9 Å². The molecule has 0 aliphatic heterocycles. The zero-order valence-corrected chi connectivity index (χ0v) is 10.5. The number of imidazole rings is 1. The quantitative estimate of drug-likeness (QED) is 0.909. The second-order valence-electron chi connectivity index (χ2n) is 4.18. The third-order valence-electron chi connectivity index (χ3n) is 2.36. The van der Waals surface area contributed by atoms with E-state index in [-0.39, 0.29) is 18.5 Å². The van der Waals surface area contributed by atoms with Gasteiger partial charge < -0.3 is 9.88 Å². The molecule has 0 fully saturated rings. The molecule has 0 saturated carbocycles. The van der Waals surface area contributed by atoms with Crippen LogP contribution in [0.2, 0.25) is 5.28 Å². The molecular formula is C12H14ClN3O. The summed E-state index contributed by atoms with van der Waals surface area (Å²) < 4.78 is 1.70. The Morgan fingerprint density at radius 1 is 1.47 bits per heavy atom. The van der Waals surface area contributed by atoms with Gasteiger partial charge in [-0.1, -0.05) is 12.1 Å². The molecule has 17 heavy (non-hydrogen) atoms. The predicted molar refractivity (Wildman–Crippen MR) is 68.0 cm³/mol. The highest BCUT2D eigenvalue weighted by molar-refractivity contribution is 6.29. The Morgan fingerprint density at radius 2 is 2.18 bits per heavy atom. The minimum absolute atomic E-state index is 0.0648. The highest BCUT2D eigenvalue weighted by Crippen LogP contribution is 2.18. The average molecular weight is 252 g/mol. The fourth-order valence-corrected chi connectivity index (χ4v) is 1.95. The highest BCUT2D eigenvalue weighted by Gasteiger charge is 2.12. The molecule has 0 bridgehead atoms. The zero-order valence-electron chi connectivity index (χ0n) is 9.77. The molecule has 0 radical (unpaired) electrons. The maximum atomic E-state index is 11.7. The van der Waals surface area contributed by atoms with Gasteiger partial charge in [-0.15, -0.1) is 0 Å². The van der Waals surface area contributed by atoms with Crippen LogP contribution in [0.25, 0.3) is 11.0 Å². The van der Waals surface area contributed by atoms with Crippen molar-refractivity contribution in [1.82, 2.24) is 14.9 Å². The van der Waals surface area contributed by atoms with Crippen LogP contribution in [-0.4, -0.2) is 21.5 Å². The van der Waals surface area contributed by atoms with Gasteiger partial charge in [-0.25, -0.2) is 4.98 Å². The number of hydrogen-bond acceptors (Lipinski definition) is 2. The molecule has 0 aliphatic rings. The van der Waals surface area contributed by atoms with Crippen molar-refractivity contribution in [2.45, 2.75) is 26.4 Å². The lowest BCUT2D eigenvalue weighted by Gasteiger charge is -2.09. The van der Waals surface area contributed by atoms with Gasteiger partial charge >= 0.3 is 0 Å². The lowest BCUT2D eigenvalue weighted by atomic mass is 10.3. The monoisotopic (exact) mass is 251 g/mol. The molecule has 1 aromatic carbocycles. The number of hydrogen-bond donors (Lipinski definition) is 1. The van der Waals surface area contributed by atoms with Crippen LogP contribution >= 0.6 is 11.6 Å². The van der Waals surface area contributed by atoms with E-state index in [1.165, 1.54) is 0 Å². The Balaban J connectivity index is 2.29. The van der Waals surface area contributed by atoms with E-state index in [1.807, 2.05) is 38.1 Å². The van der Waals surface area contributed by atoms with Gasteiger partial charge in [-0.3, -0.25) is 4.79 Å². The van der Waals surface area contributed by atoms with Crippen molar-refractivity contribution in [3.63, 3.8) is 0 Å². The number of amides is 1. The number of fused-ring (bicyclic) bond motifs is 1. The van der Waals surface area contributed by atoms with Crippen molar-refractivity contribution in [3.05, 3.63) is 29.5 Å². The predicted octanol–water partition coefficient (Wildman–Crippen LogP) is 2.21. The molecule has 0 atom stereocenters. The summed E-state index contributed by atoms with van der Waals surface area (Å²) in [5, 5.41) is 3.16. The molecule has 0 spiro atoms. The molecular weight excluding hydrogens is 238 g/mol. The number of carbonyl (C=O) groups excluding carboxylic acids is 1. The molecule has 0 saturated heterocycles. The normalized spacial score (nSPS) is 11.1. The lowest BCUT2D eigenvalue weighted by Crippen LogP contribution is -2.33. The van der Waals surface area contributed by atoms with E-state index in [4.69, 9.17) is 11.6 Å². The van der Waals surface area contributed by atoms with Crippen LogP contribution in [0.15, 0.2) is 24.3 Å². The number of benzene rings is 1. The molecule has 2 rings (SSSR count). The number of nitrogens with zero attached hydrogens (tertiary/aromatic N) is 2. The van der Waals surface area contributed by atoms with Gasteiger partial charge in [-0.2, -0.15) is 0 Å². The van der Waals surface area contributed by atoms with Crippen LogP contribution in [0.5, 0.6) is 0 Å².